The van der Waals surface area contributed by atoms with Crippen molar-refractivity contribution in [1.82, 2.24) is 15.3 Å². The second-order valence-corrected chi connectivity index (χ2v) is 7.54. The van der Waals surface area contributed by atoms with Crippen molar-refractivity contribution in [3.63, 3.8) is 0 Å². The van der Waals surface area contributed by atoms with E-state index in [1.54, 1.807) is 12.1 Å². The van der Waals surface area contributed by atoms with Gasteiger partial charge in [-0.1, -0.05) is 24.3 Å². The Labute approximate surface area is 169 Å². The van der Waals surface area contributed by atoms with Crippen LogP contribution in [0.4, 0.5) is 10.1 Å². The number of rotatable bonds is 5. The van der Waals surface area contributed by atoms with E-state index in [9.17, 15) is 9.18 Å². The average Bonchev–Trinajstić information content (AvgIpc) is 2.72. The van der Waals surface area contributed by atoms with Crippen molar-refractivity contribution in [3.05, 3.63) is 82.3 Å². The van der Waals surface area contributed by atoms with Crippen molar-refractivity contribution in [2.45, 2.75) is 32.4 Å². The molecule has 0 amide bonds. The Balaban J connectivity index is 1.36. The lowest BCUT2D eigenvalue weighted by Gasteiger charge is -2.34. The molecule has 0 aliphatic carbocycles. The number of hydrogen-bond acceptors (Lipinski definition) is 4. The second kappa shape index (κ2) is 8.57. The van der Waals surface area contributed by atoms with Crippen molar-refractivity contribution in [2.24, 2.45) is 0 Å². The number of H-pyrrole nitrogens is 1. The standard InChI is InChI=1S/C23H25FN4O/c1-16-12-23(29)27-22(26-16)15-25-20-8-10-28(11-9-20)21-7-3-5-18(14-21)17-4-2-6-19(24)13-17/h2-7,12-14,20,25H,8-11,15H2,1H3,(H,26,27,29). The first-order valence-corrected chi connectivity index (χ1v) is 9.98. The SMILES string of the molecule is Cc1cc(=O)[nH]c(CNC2CCN(c3cccc(-c4cccc(F)c4)c3)CC2)n1. The lowest BCUT2D eigenvalue weighted by molar-refractivity contribution is 0.409. The predicted octanol–water partition coefficient (Wildman–Crippen LogP) is 3.64. The topological polar surface area (TPSA) is 61.0 Å². The summed E-state index contributed by atoms with van der Waals surface area (Å²) in [7, 11) is 0. The highest BCUT2D eigenvalue weighted by Crippen LogP contribution is 2.27. The van der Waals surface area contributed by atoms with Crippen LogP contribution in [0.2, 0.25) is 0 Å². The van der Waals surface area contributed by atoms with Crippen LogP contribution in [0.5, 0.6) is 0 Å². The number of piperidine rings is 1. The van der Waals surface area contributed by atoms with Gasteiger partial charge in [0.25, 0.3) is 5.56 Å². The van der Waals surface area contributed by atoms with Gasteiger partial charge in [0.1, 0.15) is 11.6 Å². The lowest BCUT2D eigenvalue weighted by Crippen LogP contribution is -2.42. The fraction of sp³-hybridized carbons (Fsp3) is 0.304. The maximum absolute atomic E-state index is 13.5. The summed E-state index contributed by atoms with van der Waals surface area (Å²) < 4.78 is 13.5. The van der Waals surface area contributed by atoms with Crippen molar-refractivity contribution < 1.29 is 4.39 Å². The molecule has 1 fully saturated rings. The number of nitrogens with zero attached hydrogens (tertiary/aromatic N) is 2. The number of benzene rings is 2. The van der Waals surface area contributed by atoms with Crippen molar-refractivity contribution in [2.75, 3.05) is 18.0 Å². The molecule has 0 unspecified atom stereocenters. The first kappa shape index (κ1) is 19.3. The van der Waals surface area contributed by atoms with Crippen molar-refractivity contribution in [1.29, 1.82) is 0 Å². The van der Waals surface area contributed by atoms with Gasteiger partial charge in [0.05, 0.1) is 6.54 Å². The molecule has 2 N–H and O–H groups in total. The molecular formula is C23H25FN4O. The van der Waals surface area contributed by atoms with Crippen LogP contribution in [-0.2, 0) is 6.54 Å². The zero-order valence-corrected chi connectivity index (χ0v) is 16.5. The molecule has 1 aliphatic rings. The molecular weight excluding hydrogens is 367 g/mol. The molecule has 1 aromatic heterocycles. The second-order valence-electron chi connectivity index (χ2n) is 7.54. The molecule has 1 saturated heterocycles. The maximum atomic E-state index is 13.5. The summed E-state index contributed by atoms with van der Waals surface area (Å²) in [6.45, 7) is 4.29. The number of aromatic amines is 1. The van der Waals surface area contributed by atoms with Gasteiger partial charge in [0.15, 0.2) is 0 Å². The Morgan fingerprint density at radius 1 is 1.10 bits per heavy atom. The van der Waals surface area contributed by atoms with Crippen molar-refractivity contribution >= 4 is 5.69 Å². The summed E-state index contributed by atoms with van der Waals surface area (Å²) >= 11 is 0. The third-order valence-corrected chi connectivity index (χ3v) is 5.34. The molecule has 2 aromatic carbocycles. The van der Waals surface area contributed by atoms with E-state index in [0.29, 0.717) is 18.4 Å². The molecule has 1 aliphatic heterocycles. The Kier molecular flexibility index (Phi) is 5.71. The Morgan fingerprint density at radius 3 is 2.55 bits per heavy atom. The van der Waals surface area contributed by atoms with Crippen LogP contribution in [0.25, 0.3) is 11.1 Å². The minimum atomic E-state index is -0.218. The summed E-state index contributed by atoms with van der Waals surface area (Å²) in [6.07, 6.45) is 2.03. The van der Waals surface area contributed by atoms with E-state index in [-0.39, 0.29) is 11.4 Å². The number of aromatic nitrogens is 2. The van der Waals surface area contributed by atoms with E-state index >= 15 is 0 Å². The van der Waals surface area contributed by atoms with Crippen LogP contribution in [-0.4, -0.2) is 29.1 Å². The number of nitrogens with one attached hydrogen (secondary N) is 2. The molecule has 2 heterocycles. The lowest BCUT2D eigenvalue weighted by atomic mass is 10.0. The number of hydrogen-bond donors (Lipinski definition) is 2. The molecule has 150 valence electrons. The molecule has 0 bridgehead atoms. The molecule has 29 heavy (non-hydrogen) atoms. The summed E-state index contributed by atoms with van der Waals surface area (Å²) in [6, 6.07) is 16.9. The summed E-state index contributed by atoms with van der Waals surface area (Å²) in [5.41, 5.74) is 3.70. The largest absolute Gasteiger partial charge is 0.371 e. The summed E-state index contributed by atoms with van der Waals surface area (Å²) in [5.74, 6) is 0.462. The quantitative estimate of drug-likeness (QED) is 0.696. The van der Waals surface area contributed by atoms with Crippen LogP contribution in [0, 0.1) is 12.7 Å². The number of anilines is 1. The highest BCUT2D eigenvalue weighted by Gasteiger charge is 2.19. The first-order valence-electron chi connectivity index (χ1n) is 9.98. The van der Waals surface area contributed by atoms with Gasteiger partial charge in [-0.2, -0.15) is 0 Å². The van der Waals surface area contributed by atoms with Gasteiger partial charge < -0.3 is 15.2 Å². The zero-order chi connectivity index (χ0) is 20.2. The molecule has 0 radical (unpaired) electrons. The third kappa shape index (κ3) is 4.90. The minimum Gasteiger partial charge on any atom is -0.371 e. The van der Waals surface area contributed by atoms with E-state index in [2.05, 4.69) is 32.3 Å². The van der Waals surface area contributed by atoms with Crippen LogP contribution >= 0.6 is 0 Å². The minimum absolute atomic E-state index is 0.109. The number of halogens is 1. The molecule has 0 atom stereocenters. The van der Waals surface area contributed by atoms with Crippen LogP contribution in [0.1, 0.15) is 24.4 Å². The monoisotopic (exact) mass is 392 g/mol. The first-order chi connectivity index (χ1) is 14.1. The van der Waals surface area contributed by atoms with Gasteiger partial charge in [-0.25, -0.2) is 9.37 Å². The van der Waals surface area contributed by atoms with Crippen LogP contribution in [0.15, 0.2) is 59.4 Å². The zero-order valence-electron chi connectivity index (χ0n) is 16.5. The van der Waals surface area contributed by atoms with E-state index in [1.807, 2.05) is 25.1 Å². The highest BCUT2D eigenvalue weighted by molar-refractivity contribution is 5.68. The van der Waals surface area contributed by atoms with E-state index in [1.165, 1.54) is 12.1 Å². The molecule has 0 spiro atoms. The fourth-order valence-electron chi connectivity index (χ4n) is 3.86. The Bertz CT molecular complexity index is 1040. The molecule has 4 rings (SSSR count). The van der Waals surface area contributed by atoms with E-state index < -0.39 is 0 Å². The normalized spacial score (nSPS) is 14.9. The van der Waals surface area contributed by atoms with E-state index in [4.69, 9.17) is 0 Å². The molecule has 0 saturated carbocycles. The van der Waals surface area contributed by atoms with Gasteiger partial charge in [0, 0.05) is 36.6 Å². The van der Waals surface area contributed by atoms with Gasteiger partial charge in [-0.05, 0) is 55.2 Å². The van der Waals surface area contributed by atoms with Crippen molar-refractivity contribution in [3.8, 4) is 11.1 Å². The van der Waals surface area contributed by atoms with Gasteiger partial charge >= 0.3 is 0 Å². The smallest absolute Gasteiger partial charge is 0.251 e. The molecule has 3 aromatic rings. The third-order valence-electron chi connectivity index (χ3n) is 5.34. The van der Waals surface area contributed by atoms with Crippen LogP contribution < -0.4 is 15.8 Å². The van der Waals surface area contributed by atoms with Gasteiger partial charge in [-0.3, -0.25) is 4.79 Å². The van der Waals surface area contributed by atoms with E-state index in [0.717, 1.165) is 48.4 Å². The Morgan fingerprint density at radius 2 is 1.83 bits per heavy atom. The maximum Gasteiger partial charge on any atom is 0.251 e. The Hall–Kier alpha value is -2.99. The van der Waals surface area contributed by atoms with Crippen LogP contribution in [0.3, 0.4) is 0 Å². The summed E-state index contributed by atoms with van der Waals surface area (Å²) in [5, 5.41) is 3.51. The van der Waals surface area contributed by atoms with Gasteiger partial charge in [0.2, 0.25) is 0 Å². The highest BCUT2D eigenvalue weighted by atomic mass is 19.1. The van der Waals surface area contributed by atoms with Gasteiger partial charge in [-0.15, -0.1) is 0 Å². The predicted molar refractivity (Wildman–Crippen MR) is 114 cm³/mol. The molecule has 5 nitrogen and oxygen atoms in total. The average molecular weight is 392 g/mol. The molecule has 6 heteroatoms. The fourth-order valence-corrected chi connectivity index (χ4v) is 3.86. The number of aryl methyl sites for hydroxylation is 1. The summed E-state index contributed by atoms with van der Waals surface area (Å²) in [4.78, 5) is 21.1.